The molecule has 35 heavy (non-hydrogen) atoms. The van der Waals surface area contributed by atoms with E-state index in [1.54, 1.807) is 28.6 Å². The molecule has 7 nitrogen and oxygen atoms in total. The summed E-state index contributed by atoms with van der Waals surface area (Å²) < 4.78 is 17.4. The number of nitrogens with zero attached hydrogens (tertiary/aromatic N) is 3. The molecule has 3 aromatic rings. The van der Waals surface area contributed by atoms with Crippen LogP contribution < -0.4 is 15.4 Å². The van der Waals surface area contributed by atoms with E-state index in [1.807, 2.05) is 19.2 Å². The van der Waals surface area contributed by atoms with Crippen LogP contribution in [0.3, 0.4) is 0 Å². The number of carbonyl (C=O) groups excluding carboxylic acids is 1. The molecular weight excluding hydrogens is 458 g/mol. The second-order valence-electron chi connectivity index (χ2n) is 10.5. The molecule has 1 atom stereocenters. The highest BCUT2D eigenvalue weighted by Gasteiger charge is 2.26. The number of rotatable bonds is 7. The Morgan fingerprint density at radius 3 is 2.46 bits per heavy atom. The van der Waals surface area contributed by atoms with Gasteiger partial charge >= 0.3 is 0 Å². The van der Waals surface area contributed by atoms with E-state index in [9.17, 15) is 9.00 Å². The predicted octanol–water partition coefficient (Wildman–Crippen LogP) is 4.97. The fraction of sp³-hybridized carbons (Fsp3) is 0.481. The molecule has 0 spiro atoms. The number of benzene rings is 2. The van der Waals surface area contributed by atoms with Gasteiger partial charge in [-0.15, -0.1) is 0 Å². The first-order chi connectivity index (χ1) is 16.7. The zero-order valence-electron chi connectivity index (χ0n) is 21.2. The highest BCUT2D eigenvalue weighted by molar-refractivity contribution is 7.86. The molecule has 1 saturated carbocycles. The summed E-state index contributed by atoms with van der Waals surface area (Å²) >= 11 is 0. The lowest BCUT2D eigenvalue weighted by Gasteiger charge is -2.26. The van der Waals surface area contributed by atoms with Gasteiger partial charge in [0.1, 0.15) is 5.82 Å². The predicted molar refractivity (Wildman–Crippen MR) is 144 cm³/mol. The van der Waals surface area contributed by atoms with Crippen molar-refractivity contribution < 1.29 is 9.00 Å². The highest BCUT2D eigenvalue weighted by Crippen LogP contribution is 2.33. The van der Waals surface area contributed by atoms with Crippen molar-refractivity contribution in [3.8, 4) is 0 Å². The summed E-state index contributed by atoms with van der Waals surface area (Å²) in [7, 11) is 0.420. The number of nitrogens with one attached hydrogen (secondary N) is 1. The molecule has 188 valence electrons. The summed E-state index contributed by atoms with van der Waals surface area (Å²) in [6, 6.07) is 13.2. The smallest absolute Gasteiger partial charge is 0.238 e. The van der Waals surface area contributed by atoms with Gasteiger partial charge in [0.2, 0.25) is 5.91 Å². The lowest BCUT2D eigenvalue weighted by molar-refractivity contribution is -0.114. The van der Waals surface area contributed by atoms with Crippen molar-refractivity contribution in [2.75, 3.05) is 23.2 Å². The van der Waals surface area contributed by atoms with Crippen LogP contribution in [0.4, 0.5) is 11.4 Å². The molecule has 1 amide bonds. The largest absolute Gasteiger partial charge is 0.327 e. The standard InChI is InChI=1S/C27H37N5O2S/c1-27(2,3)26-30-23-16-21(12-15-24(23)32(26)18-19-8-6-5-7-9-19)31(4)35(34)22-13-10-20(11-14-22)29-25(33)17-28/h10-16,19H,5-9,17-18,28H2,1-4H3,(H,29,33). The van der Waals surface area contributed by atoms with E-state index in [4.69, 9.17) is 10.7 Å². The third kappa shape index (κ3) is 5.76. The van der Waals surface area contributed by atoms with Crippen molar-refractivity contribution in [3.63, 3.8) is 0 Å². The Labute approximate surface area is 210 Å². The fourth-order valence-electron chi connectivity index (χ4n) is 4.82. The molecular formula is C27H37N5O2S. The Morgan fingerprint density at radius 2 is 1.83 bits per heavy atom. The second kappa shape index (κ2) is 10.5. The van der Waals surface area contributed by atoms with Crippen molar-refractivity contribution in [2.45, 2.75) is 69.7 Å². The quantitative estimate of drug-likeness (QED) is 0.484. The van der Waals surface area contributed by atoms with Crippen LogP contribution in [-0.4, -0.2) is 33.3 Å². The van der Waals surface area contributed by atoms with Gasteiger partial charge < -0.3 is 15.6 Å². The van der Waals surface area contributed by atoms with Gasteiger partial charge in [-0.3, -0.25) is 9.10 Å². The van der Waals surface area contributed by atoms with Crippen molar-refractivity contribution >= 4 is 39.3 Å². The minimum atomic E-state index is -1.40. The van der Waals surface area contributed by atoms with Crippen LogP contribution >= 0.6 is 0 Å². The van der Waals surface area contributed by atoms with Crippen LogP contribution in [0.15, 0.2) is 47.4 Å². The van der Waals surface area contributed by atoms with Crippen LogP contribution in [-0.2, 0) is 27.7 Å². The molecule has 4 rings (SSSR count). The Morgan fingerprint density at radius 1 is 1.14 bits per heavy atom. The van der Waals surface area contributed by atoms with Crippen LogP contribution in [0, 0.1) is 5.92 Å². The summed E-state index contributed by atoms with van der Waals surface area (Å²) in [4.78, 5) is 17.2. The molecule has 1 unspecified atom stereocenters. The third-order valence-electron chi connectivity index (χ3n) is 6.71. The van der Waals surface area contributed by atoms with Gasteiger partial charge in [0.05, 0.1) is 28.2 Å². The monoisotopic (exact) mass is 495 g/mol. The molecule has 8 heteroatoms. The van der Waals surface area contributed by atoms with Gasteiger partial charge in [-0.25, -0.2) is 9.19 Å². The first kappa shape index (κ1) is 25.4. The molecule has 0 bridgehead atoms. The molecule has 0 radical (unpaired) electrons. The summed E-state index contributed by atoms with van der Waals surface area (Å²) in [5.41, 5.74) is 8.84. The van der Waals surface area contributed by atoms with Gasteiger partial charge in [0.25, 0.3) is 0 Å². The molecule has 1 heterocycles. The zero-order valence-corrected chi connectivity index (χ0v) is 22.0. The summed E-state index contributed by atoms with van der Waals surface area (Å²) in [6.07, 6.45) is 6.58. The molecule has 3 N–H and O–H groups in total. The highest BCUT2D eigenvalue weighted by atomic mass is 32.2. The van der Waals surface area contributed by atoms with Crippen LogP contribution in [0.2, 0.25) is 0 Å². The number of amides is 1. The van der Waals surface area contributed by atoms with Crippen molar-refractivity contribution in [3.05, 3.63) is 48.3 Å². The van der Waals surface area contributed by atoms with Gasteiger partial charge in [-0.2, -0.15) is 0 Å². The zero-order chi connectivity index (χ0) is 25.2. The molecule has 0 aliphatic heterocycles. The van der Waals surface area contributed by atoms with Crippen LogP contribution in [0.1, 0.15) is 58.7 Å². The summed E-state index contributed by atoms with van der Waals surface area (Å²) in [5, 5.41) is 2.70. The van der Waals surface area contributed by atoms with Gasteiger partial charge in [0.15, 0.2) is 11.0 Å². The SMILES string of the molecule is CN(c1ccc2c(c1)nc(C(C)(C)C)n2CC1CCCCC1)S(=O)c1ccc(NC(=O)CN)cc1. The number of hydrogen-bond donors (Lipinski definition) is 2. The first-order valence-electron chi connectivity index (χ1n) is 12.4. The number of imidazole rings is 1. The number of nitrogens with two attached hydrogens (primary N) is 1. The molecule has 0 saturated heterocycles. The molecule has 1 fully saturated rings. The molecule has 2 aromatic carbocycles. The van der Waals surface area contributed by atoms with Crippen LogP contribution in [0.5, 0.6) is 0 Å². The van der Waals surface area contributed by atoms with Gasteiger partial charge in [-0.05, 0) is 61.2 Å². The normalized spacial score (nSPS) is 15.8. The van der Waals surface area contributed by atoms with E-state index in [1.165, 1.54) is 32.1 Å². The average molecular weight is 496 g/mol. The van der Waals surface area contributed by atoms with Crippen molar-refractivity contribution in [1.82, 2.24) is 9.55 Å². The fourth-order valence-corrected chi connectivity index (χ4v) is 5.81. The number of fused-ring (bicyclic) bond motifs is 1. The van der Waals surface area contributed by atoms with E-state index < -0.39 is 11.0 Å². The maximum atomic E-state index is 13.3. The van der Waals surface area contributed by atoms with E-state index >= 15 is 0 Å². The van der Waals surface area contributed by atoms with Crippen molar-refractivity contribution in [2.24, 2.45) is 11.7 Å². The Hall–Kier alpha value is -2.71. The summed E-state index contributed by atoms with van der Waals surface area (Å²) in [5.74, 6) is 1.55. The Kier molecular flexibility index (Phi) is 7.62. The lowest BCUT2D eigenvalue weighted by atomic mass is 9.88. The second-order valence-corrected chi connectivity index (χ2v) is 12.0. The van der Waals surface area contributed by atoms with Gasteiger partial charge in [0, 0.05) is 24.7 Å². The van der Waals surface area contributed by atoms with E-state index in [0.29, 0.717) is 16.5 Å². The van der Waals surface area contributed by atoms with E-state index in [0.717, 1.165) is 29.1 Å². The van der Waals surface area contributed by atoms with Gasteiger partial charge in [-0.1, -0.05) is 40.0 Å². The number of aromatic nitrogens is 2. The molecule has 1 aliphatic rings. The summed E-state index contributed by atoms with van der Waals surface area (Å²) in [6.45, 7) is 7.58. The first-order valence-corrected chi connectivity index (χ1v) is 13.5. The Balaban J connectivity index is 1.59. The maximum Gasteiger partial charge on any atom is 0.238 e. The molecule has 1 aromatic heterocycles. The number of hydrogen-bond acceptors (Lipinski definition) is 4. The minimum absolute atomic E-state index is 0.0658. The minimum Gasteiger partial charge on any atom is -0.327 e. The Bertz CT molecular complexity index is 1210. The van der Waals surface area contributed by atoms with E-state index in [-0.39, 0.29) is 17.9 Å². The molecule has 1 aliphatic carbocycles. The van der Waals surface area contributed by atoms with Crippen LogP contribution in [0.25, 0.3) is 11.0 Å². The number of anilines is 2. The van der Waals surface area contributed by atoms with E-state index in [2.05, 4.69) is 36.7 Å². The maximum absolute atomic E-state index is 13.3. The topological polar surface area (TPSA) is 93.2 Å². The lowest BCUT2D eigenvalue weighted by Crippen LogP contribution is -2.22. The average Bonchev–Trinajstić information content (AvgIpc) is 3.22. The number of carbonyl (C=O) groups is 1. The van der Waals surface area contributed by atoms with Crippen molar-refractivity contribution in [1.29, 1.82) is 0 Å². The third-order valence-corrected chi connectivity index (χ3v) is 8.09.